The van der Waals surface area contributed by atoms with E-state index in [1.165, 1.54) is 26.2 Å². The predicted octanol–water partition coefficient (Wildman–Crippen LogP) is 2.98. The van der Waals surface area contributed by atoms with Crippen LogP contribution in [0.1, 0.15) is 22.8 Å². The fourth-order valence-corrected chi connectivity index (χ4v) is 2.84. The summed E-state index contributed by atoms with van der Waals surface area (Å²) in [5.41, 5.74) is 0.972. The molecule has 0 saturated heterocycles. The van der Waals surface area contributed by atoms with E-state index in [0.29, 0.717) is 35.5 Å². The summed E-state index contributed by atoms with van der Waals surface area (Å²) >= 11 is 6.07. The molecular formula is C20H20ClNO6. The first-order chi connectivity index (χ1) is 13.5. The lowest BCUT2D eigenvalue weighted by Gasteiger charge is -2.21. The highest BCUT2D eigenvalue weighted by molar-refractivity contribution is 6.31. The third-order valence-corrected chi connectivity index (χ3v) is 4.50. The minimum Gasteiger partial charge on any atom is -0.493 e. The quantitative estimate of drug-likeness (QED) is 0.744. The molecule has 0 aromatic heterocycles. The van der Waals surface area contributed by atoms with Crippen LogP contribution in [0.2, 0.25) is 5.02 Å². The van der Waals surface area contributed by atoms with Crippen molar-refractivity contribution in [2.75, 3.05) is 20.3 Å². The van der Waals surface area contributed by atoms with E-state index in [4.69, 9.17) is 30.5 Å². The number of ether oxygens (including phenoxy) is 4. The van der Waals surface area contributed by atoms with Crippen molar-refractivity contribution < 1.29 is 28.5 Å². The molecule has 3 rings (SSSR count). The zero-order chi connectivity index (χ0) is 20.1. The Morgan fingerprint density at radius 1 is 1.21 bits per heavy atom. The van der Waals surface area contributed by atoms with E-state index in [-0.39, 0.29) is 12.1 Å². The van der Waals surface area contributed by atoms with E-state index < -0.39 is 18.0 Å². The molecule has 2 aromatic rings. The minimum atomic E-state index is -0.991. The van der Waals surface area contributed by atoms with Gasteiger partial charge in [-0.15, -0.1) is 0 Å². The normalized spacial score (nSPS) is 13.4. The molecule has 1 N–H and O–H groups in total. The van der Waals surface area contributed by atoms with Crippen molar-refractivity contribution in [2.45, 2.75) is 19.6 Å². The number of rotatable bonds is 6. The topological polar surface area (TPSA) is 83.1 Å². The van der Waals surface area contributed by atoms with E-state index in [9.17, 15) is 9.59 Å². The van der Waals surface area contributed by atoms with Gasteiger partial charge in [0.2, 0.25) is 5.75 Å². The van der Waals surface area contributed by atoms with Crippen LogP contribution in [-0.4, -0.2) is 38.3 Å². The Balaban J connectivity index is 1.63. The number of hydrogen-bond acceptors (Lipinski definition) is 6. The summed E-state index contributed by atoms with van der Waals surface area (Å²) in [6, 6.07) is 10.2. The van der Waals surface area contributed by atoms with Crippen LogP contribution >= 0.6 is 11.6 Å². The van der Waals surface area contributed by atoms with Crippen molar-refractivity contribution in [3.63, 3.8) is 0 Å². The number of halogens is 1. The second-order valence-corrected chi connectivity index (χ2v) is 6.47. The predicted molar refractivity (Wildman–Crippen MR) is 102 cm³/mol. The van der Waals surface area contributed by atoms with Gasteiger partial charge in [0, 0.05) is 11.6 Å². The lowest BCUT2D eigenvalue weighted by molar-refractivity contribution is -0.129. The number of carbonyl (C=O) groups excluding carboxylic acids is 2. The highest BCUT2D eigenvalue weighted by Gasteiger charge is 2.24. The van der Waals surface area contributed by atoms with Crippen molar-refractivity contribution in [1.82, 2.24) is 5.32 Å². The molecule has 7 nitrogen and oxygen atoms in total. The van der Waals surface area contributed by atoms with Crippen molar-refractivity contribution in [2.24, 2.45) is 0 Å². The molecule has 28 heavy (non-hydrogen) atoms. The van der Waals surface area contributed by atoms with Crippen molar-refractivity contribution in [3.8, 4) is 17.2 Å². The van der Waals surface area contributed by atoms with E-state index >= 15 is 0 Å². The average Bonchev–Trinajstić information content (AvgIpc) is 2.71. The maximum atomic E-state index is 12.5. The Morgan fingerprint density at radius 2 is 1.96 bits per heavy atom. The van der Waals surface area contributed by atoms with Gasteiger partial charge in [0.25, 0.3) is 5.91 Å². The number of hydrogen-bond donors (Lipinski definition) is 1. The Morgan fingerprint density at radius 3 is 2.71 bits per heavy atom. The molecule has 2 aromatic carbocycles. The molecule has 148 valence electrons. The lowest BCUT2D eigenvalue weighted by Crippen LogP contribution is -2.35. The maximum Gasteiger partial charge on any atom is 0.339 e. The molecule has 1 amide bonds. The van der Waals surface area contributed by atoms with Crippen LogP contribution in [0, 0.1) is 0 Å². The SMILES string of the molecule is COc1cc(C(=O)O[C@H](C)C(=O)NCc2ccccc2Cl)cc2c1OCCO2. The minimum absolute atomic E-state index is 0.201. The van der Waals surface area contributed by atoms with Gasteiger partial charge in [0.05, 0.1) is 12.7 Å². The zero-order valence-electron chi connectivity index (χ0n) is 15.5. The molecule has 0 unspecified atom stereocenters. The number of benzene rings is 2. The van der Waals surface area contributed by atoms with Gasteiger partial charge >= 0.3 is 5.97 Å². The van der Waals surface area contributed by atoms with Gasteiger partial charge in [0.1, 0.15) is 13.2 Å². The van der Waals surface area contributed by atoms with Gasteiger partial charge in [-0.3, -0.25) is 4.79 Å². The highest BCUT2D eigenvalue weighted by atomic mass is 35.5. The molecule has 1 aliphatic heterocycles. The molecule has 0 saturated carbocycles. The van der Waals surface area contributed by atoms with Crippen LogP contribution < -0.4 is 19.5 Å². The van der Waals surface area contributed by atoms with Gasteiger partial charge in [-0.1, -0.05) is 29.8 Å². The van der Waals surface area contributed by atoms with Gasteiger partial charge in [-0.25, -0.2) is 4.79 Å². The van der Waals surface area contributed by atoms with Crippen LogP contribution in [0.25, 0.3) is 0 Å². The first kappa shape index (κ1) is 19.8. The first-order valence-electron chi connectivity index (χ1n) is 8.69. The Hall–Kier alpha value is -2.93. The fourth-order valence-electron chi connectivity index (χ4n) is 2.64. The van der Waals surface area contributed by atoms with E-state index in [1.807, 2.05) is 6.07 Å². The summed E-state index contributed by atoms with van der Waals surface area (Å²) in [5.74, 6) is 0.0950. The van der Waals surface area contributed by atoms with Crippen LogP contribution in [-0.2, 0) is 16.1 Å². The van der Waals surface area contributed by atoms with Crippen LogP contribution in [0.5, 0.6) is 17.2 Å². The molecule has 0 radical (unpaired) electrons. The van der Waals surface area contributed by atoms with Crippen LogP contribution in [0.4, 0.5) is 0 Å². The maximum absolute atomic E-state index is 12.5. The second kappa shape index (κ2) is 8.84. The smallest absolute Gasteiger partial charge is 0.339 e. The number of nitrogens with one attached hydrogen (secondary N) is 1. The molecular weight excluding hydrogens is 386 g/mol. The second-order valence-electron chi connectivity index (χ2n) is 6.06. The summed E-state index contributed by atoms with van der Waals surface area (Å²) in [7, 11) is 1.47. The Bertz CT molecular complexity index is 868. The molecule has 1 atom stereocenters. The highest BCUT2D eigenvalue weighted by Crippen LogP contribution is 2.40. The summed E-state index contributed by atoms with van der Waals surface area (Å²) in [6.07, 6.45) is -0.991. The van der Waals surface area contributed by atoms with Crippen molar-refractivity contribution in [3.05, 3.63) is 52.5 Å². The van der Waals surface area contributed by atoms with Crippen LogP contribution in [0.3, 0.4) is 0 Å². The van der Waals surface area contributed by atoms with E-state index in [1.54, 1.807) is 18.2 Å². The Labute approximate surface area is 167 Å². The number of esters is 1. The van der Waals surface area contributed by atoms with Crippen molar-refractivity contribution in [1.29, 1.82) is 0 Å². The zero-order valence-corrected chi connectivity index (χ0v) is 16.2. The average molecular weight is 406 g/mol. The Kier molecular flexibility index (Phi) is 6.26. The molecule has 1 heterocycles. The molecule has 0 aliphatic carbocycles. The summed E-state index contributed by atoms with van der Waals surface area (Å²) < 4.78 is 21.5. The van der Waals surface area contributed by atoms with Gasteiger partial charge in [-0.2, -0.15) is 0 Å². The van der Waals surface area contributed by atoms with Gasteiger partial charge in [-0.05, 0) is 30.7 Å². The lowest BCUT2D eigenvalue weighted by atomic mass is 10.1. The summed E-state index contributed by atoms with van der Waals surface area (Å²) in [6.45, 7) is 2.50. The molecule has 0 spiro atoms. The van der Waals surface area contributed by atoms with Crippen molar-refractivity contribution >= 4 is 23.5 Å². The standard InChI is InChI=1S/C20H20ClNO6/c1-12(19(23)22-11-13-5-3-4-6-15(13)21)28-20(24)14-9-16(25-2)18-17(10-14)26-7-8-27-18/h3-6,9-10,12H,7-8,11H2,1-2H3,(H,22,23)/t12-/m1/s1. The number of fused-ring (bicyclic) bond motifs is 1. The molecule has 0 fully saturated rings. The van der Waals surface area contributed by atoms with Crippen LogP contribution in [0.15, 0.2) is 36.4 Å². The fraction of sp³-hybridized carbons (Fsp3) is 0.300. The monoisotopic (exact) mass is 405 g/mol. The molecule has 8 heteroatoms. The third-order valence-electron chi connectivity index (χ3n) is 4.13. The van der Waals surface area contributed by atoms with Gasteiger partial charge in [0.15, 0.2) is 17.6 Å². The molecule has 1 aliphatic rings. The largest absolute Gasteiger partial charge is 0.493 e. The summed E-state index contributed by atoms with van der Waals surface area (Å²) in [4.78, 5) is 24.7. The number of amides is 1. The first-order valence-corrected chi connectivity index (χ1v) is 9.07. The molecule has 0 bridgehead atoms. The van der Waals surface area contributed by atoms with E-state index in [0.717, 1.165) is 5.56 Å². The number of carbonyl (C=O) groups is 2. The van der Waals surface area contributed by atoms with E-state index in [2.05, 4.69) is 5.32 Å². The third kappa shape index (κ3) is 4.48. The van der Waals surface area contributed by atoms with Gasteiger partial charge < -0.3 is 24.3 Å². The number of methoxy groups -OCH3 is 1. The summed E-state index contributed by atoms with van der Waals surface area (Å²) in [5, 5.41) is 3.25.